The highest BCUT2D eigenvalue weighted by molar-refractivity contribution is 6.00. The average molecular weight is 290 g/mol. The Morgan fingerprint density at radius 1 is 1.48 bits per heavy atom. The zero-order chi connectivity index (χ0) is 15.5. The van der Waals surface area contributed by atoms with Crippen molar-refractivity contribution in [3.05, 3.63) is 29.8 Å². The van der Waals surface area contributed by atoms with Crippen molar-refractivity contribution in [2.45, 2.75) is 44.8 Å². The van der Waals surface area contributed by atoms with E-state index in [0.29, 0.717) is 12.5 Å². The van der Waals surface area contributed by atoms with Crippen molar-refractivity contribution < 1.29 is 9.53 Å². The summed E-state index contributed by atoms with van der Waals surface area (Å²) in [5.74, 6) is 0.0525. The summed E-state index contributed by atoms with van der Waals surface area (Å²) in [7, 11) is 3.59. The number of para-hydroxylation sites is 1. The van der Waals surface area contributed by atoms with E-state index in [2.05, 4.69) is 11.4 Å². The van der Waals surface area contributed by atoms with E-state index < -0.39 is 5.60 Å². The third-order valence-corrected chi connectivity index (χ3v) is 4.65. The number of fused-ring (bicyclic) bond motifs is 1. The molecule has 1 heterocycles. The highest BCUT2D eigenvalue weighted by Crippen LogP contribution is 2.34. The van der Waals surface area contributed by atoms with Crippen LogP contribution in [-0.2, 0) is 9.53 Å². The molecule has 0 radical (unpaired) electrons. The van der Waals surface area contributed by atoms with Gasteiger partial charge in [-0.05, 0) is 44.9 Å². The predicted molar refractivity (Wildman–Crippen MR) is 85.5 cm³/mol. The van der Waals surface area contributed by atoms with Crippen molar-refractivity contribution in [2.75, 3.05) is 25.6 Å². The maximum absolute atomic E-state index is 13.0. The Hall–Kier alpha value is -1.39. The standard InChI is InChI=1S/C17H26N2O2/c1-5-17(2,21-4)16(20)19-12-8-10-14(18-3)13-9-6-7-11-15(13)19/h6-7,9,11,14,18H,5,8,10,12H2,1-4H3. The van der Waals surface area contributed by atoms with Gasteiger partial charge in [-0.3, -0.25) is 4.79 Å². The summed E-state index contributed by atoms with van der Waals surface area (Å²) < 4.78 is 5.50. The van der Waals surface area contributed by atoms with Crippen molar-refractivity contribution in [1.82, 2.24) is 5.32 Å². The van der Waals surface area contributed by atoms with Crippen LogP contribution in [0.15, 0.2) is 24.3 Å². The van der Waals surface area contributed by atoms with Crippen LogP contribution in [0, 0.1) is 0 Å². The summed E-state index contributed by atoms with van der Waals surface area (Å²) >= 11 is 0. The van der Waals surface area contributed by atoms with E-state index in [1.165, 1.54) is 5.56 Å². The van der Waals surface area contributed by atoms with Gasteiger partial charge in [-0.1, -0.05) is 25.1 Å². The average Bonchev–Trinajstić information content (AvgIpc) is 2.72. The second kappa shape index (κ2) is 6.58. The highest BCUT2D eigenvalue weighted by atomic mass is 16.5. The van der Waals surface area contributed by atoms with Gasteiger partial charge in [0.15, 0.2) is 0 Å². The van der Waals surface area contributed by atoms with E-state index in [9.17, 15) is 4.79 Å². The molecule has 0 aliphatic carbocycles. The van der Waals surface area contributed by atoms with Gasteiger partial charge in [-0.15, -0.1) is 0 Å². The fourth-order valence-electron chi connectivity index (χ4n) is 2.94. The number of carbonyl (C=O) groups is 1. The predicted octanol–water partition coefficient (Wildman–Crippen LogP) is 2.89. The molecule has 21 heavy (non-hydrogen) atoms. The molecule has 2 atom stereocenters. The van der Waals surface area contributed by atoms with Crippen molar-refractivity contribution in [3.8, 4) is 0 Å². The van der Waals surface area contributed by atoms with Gasteiger partial charge in [-0.2, -0.15) is 0 Å². The van der Waals surface area contributed by atoms with Gasteiger partial charge in [0.1, 0.15) is 5.60 Å². The Kier molecular flexibility index (Phi) is 5.01. The van der Waals surface area contributed by atoms with Crippen molar-refractivity contribution in [1.29, 1.82) is 0 Å². The molecule has 1 aromatic rings. The summed E-state index contributed by atoms with van der Waals surface area (Å²) in [4.78, 5) is 14.9. The Morgan fingerprint density at radius 3 is 2.81 bits per heavy atom. The van der Waals surface area contributed by atoms with Gasteiger partial charge in [0.2, 0.25) is 0 Å². The molecule has 4 heteroatoms. The molecule has 0 saturated heterocycles. The molecule has 1 amide bonds. The number of benzene rings is 1. The molecule has 0 bridgehead atoms. The third kappa shape index (κ3) is 2.97. The Morgan fingerprint density at radius 2 is 2.19 bits per heavy atom. The Balaban J connectivity index is 2.42. The highest BCUT2D eigenvalue weighted by Gasteiger charge is 2.37. The molecule has 1 aliphatic heterocycles. The number of hydrogen-bond acceptors (Lipinski definition) is 3. The fraction of sp³-hybridized carbons (Fsp3) is 0.588. The van der Waals surface area contributed by atoms with Gasteiger partial charge < -0.3 is 15.0 Å². The van der Waals surface area contributed by atoms with Crippen LogP contribution >= 0.6 is 0 Å². The van der Waals surface area contributed by atoms with Crippen molar-refractivity contribution in [2.24, 2.45) is 0 Å². The number of ether oxygens (including phenoxy) is 1. The monoisotopic (exact) mass is 290 g/mol. The van der Waals surface area contributed by atoms with Gasteiger partial charge in [0.05, 0.1) is 0 Å². The summed E-state index contributed by atoms with van der Waals surface area (Å²) in [6.45, 7) is 4.60. The number of carbonyl (C=O) groups excluding carboxylic acids is 1. The van der Waals surface area contributed by atoms with E-state index in [-0.39, 0.29) is 5.91 Å². The molecule has 1 aliphatic rings. The zero-order valence-corrected chi connectivity index (χ0v) is 13.5. The number of amides is 1. The second-order valence-electron chi connectivity index (χ2n) is 5.79. The lowest BCUT2D eigenvalue weighted by molar-refractivity contribution is -0.138. The second-order valence-corrected chi connectivity index (χ2v) is 5.79. The first-order chi connectivity index (χ1) is 10.1. The molecule has 2 rings (SSSR count). The first kappa shape index (κ1) is 16.0. The molecule has 0 saturated carbocycles. The molecule has 0 spiro atoms. The SMILES string of the molecule is CCC(C)(OC)C(=O)N1CCCC(NC)c2ccccc21. The number of hydrogen-bond donors (Lipinski definition) is 1. The van der Waals surface area contributed by atoms with Gasteiger partial charge in [0.25, 0.3) is 5.91 Å². The summed E-state index contributed by atoms with van der Waals surface area (Å²) in [5, 5.41) is 3.36. The minimum absolute atomic E-state index is 0.0525. The van der Waals surface area contributed by atoms with Gasteiger partial charge >= 0.3 is 0 Å². The molecular weight excluding hydrogens is 264 g/mol. The number of nitrogens with zero attached hydrogens (tertiary/aromatic N) is 1. The van der Waals surface area contributed by atoms with Crippen LogP contribution in [0.3, 0.4) is 0 Å². The summed E-state index contributed by atoms with van der Waals surface area (Å²) in [6, 6.07) is 8.47. The number of methoxy groups -OCH3 is 1. The third-order valence-electron chi connectivity index (χ3n) is 4.65. The molecule has 1 aromatic carbocycles. The maximum Gasteiger partial charge on any atom is 0.258 e. The first-order valence-corrected chi connectivity index (χ1v) is 7.70. The molecule has 0 fully saturated rings. The minimum Gasteiger partial charge on any atom is -0.369 e. The van der Waals surface area contributed by atoms with E-state index in [4.69, 9.17) is 4.74 Å². The smallest absolute Gasteiger partial charge is 0.258 e. The lowest BCUT2D eigenvalue weighted by Gasteiger charge is -2.33. The van der Waals surface area contributed by atoms with Crippen LogP contribution in [0.1, 0.15) is 44.7 Å². The summed E-state index contributed by atoms with van der Waals surface area (Å²) in [6.07, 6.45) is 2.68. The van der Waals surface area contributed by atoms with Crippen LogP contribution < -0.4 is 10.2 Å². The van der Waals surface area contributed by atoms with E-state index >= 15 is 0 Å². The van der Waals surface area contributed by atoms with Crippen LogP contribution in [-0.4, -0.2) is 32.2 Å². The number of rotatable bonds is 4. The van der Waals surface area contributed by atoms with Crippen LogP contribution in [0.4, 0.5) is 5.69 Å². The van der Waals surface area contributed by atoms with E-state index in [0.717, 1.165) is 25.1 Å². The first-order valence-electron chi connectivity index (χ1n) is 7.70. The lowest BCUT2D eigenvalue weighted by atomic mass is 9.99. The van der Waals surface area contributed by atoms with Crippen LogP contribution in [0.5, 0.6) is 0 Å². The molecule has 0 aromatic heterocycles. The molecule has 116 valence electrons. The Bertz CT molecular complexity index is 497. The zero-order valence-electron chi connectivity index (χ0n) is 13.5. The lowest BCUT2D eigenvalue weighted by Crippen LogP contribution is -2.48. The Labute approximate surface area is 127 Å². The normalized spacial score (nSPS) is 21.3. The summed E-state index contributed by atoms with van der Waals surface area (Å²) in [5.41, 5.74) is 1.45. The molecule has 1 N–H and O–H groups in total. The van der Waals surface area contributed by atoms with E-state index in [1.54, 1.807) is 7.11 Å². The van der Waals surface area contributed by atoms with Crippen molar-refractivity contribution >= 4 is 11.6 Å². The van der Waals surface area contributed by atoms with Crippen molar-refractivity contribution in [3.63, 3.8) is 0 Å². The number of nitrogens with one attached hydrogen (secondary N) is 1. The molecular formula is C17H26N2O2. The van der Waals surface area contributed by atoms with Crippen LogP contribution in [0.2, 0.25) is 0 Å². The minimum atomic E-state index is -0.757. The topological polar surface area (TPSA) is 41.6 Å². The molecule has 2 unspecified atom stereocenters. The van der Waals surface area contributed by atoms with Gasteiger partial charge in [0, 0.05) is 25.4 Å². The van der Waals surface area contributed by atoms with Gasteiger partial charge in [-0.25, -0.2) is 0 Å². The van der Waals surface area contributed by atoms with Crippen LogP contribution in [0.25, 0.3) is 0 Å². The largest absolute Gasteiger partial charge is 0.369 e. The number of anilines is 1. The van der Waals surface area contributed by atoms with E-state index in [1.807, 2.05) is 44.0 Å². The maximum atomic E-state index is 13.0. The molecule has 4 nitrogen and oxygen atoms in total. The fourth-order valence-corrected chi connectivity index (χ4v) is 2.94. The quantitative estimate of drug-likeness (QED) is 0.927.